The van der Waals surface area contributed by atoms with Crippen molar-refractivity contribution in [2.24, 2.45) is 17.3 Å². The van der Waals surface area contributed by atoms with E-state index in [1.807, 2.05) is 27.7 Å². The smallest absolute Gasteiger partial charge is 0.315 e. The Morgan fingerprint density at radius 1 is 1.39 bits per heavy atom. The predicted octanol–water partition coefficient (Wildman–Crippen LogP) is 1.22. The van der Waals surface area contributed by atoms with Gasteiger partial charge in [0.1, 0.15) is 6.10 Å². The normalized spacial score (nSPS) is 33.6. The summed E-state index contributed by atoms with van der Waals surface area (Å²) in [6.07, 6.45) is 0.482. The van der Waals surface area contributed by atoms with Crippen LogP contribution in [0.4, 0.5) is 4.79 Å². The molecule has 0 aromatic rings. The summed E-state index contributed by atoms with van der Waals surface area (Å²) >= 11 is 0. The van der Waals surface area contributed by atoms with Crippen molar-refractivity contribution in [3.05, 3.63) is 0 Å². The minimum Gasteiger partial charge on any atom is -0.481 e. The molecule has 3 N–H and O–H groups in total. The molecule has 0 bridgehead atoms. The number of amides is 2. The van der Waals surface area contributed by atoms with Crippen molar-refractivity contribution in [2.45, 2.75) is 52.3 Å². The molecule has 1 aliphatic carbocycles. The first-order valence-electron chi connectivity index (χ1n) is 8.26. The molecule has 7 heteroatoms. The molecule has 0 radical (unpaired) electrons. The van der Waals surface area contributed by atoms with Crippen LogP contribution in [-0.4, -0.2) is 55.1 Å². The van der Waals surface area contributed by atoms with E-state index < -0.39 is 5.97 Å². The lowest BCUT2D eigenvalue weighted by atomic mass is 9.53. The van der Waals surface area contributed by atoms with Crippen LogP contribution >= 0.6 is 0 Å². The van der Waals surface area contributed by atoms with Gasteiger partial charge in [0.2, 0.25) is 0 Å². The van der Waals surface area contributed by atoms with Gasteiger partial charge in [0, 0.05) is 12.6 Å². The molecule has 2 aliphatic rings. The maximum absolute atomic E-state index is 12.2. The number of ether oxygens (including phenoxy) is 2. The predicted molar refractivity (Wildman–Crippen MR) is 84.2 cm³/mol. The number of carbonyl (C=O) groups is 2. The van der Waals surface area contributed by atoms with E-state index in [9.17, 15) is 14.7 Å². The molecule has 2 amide bonds. The summed E-state index contributed by atoms with van der Waals surface area (Å²) in [6, 6.07) is -0.496. The van der Waals surface area contributed by atoms with Gasteiger partial charge in [-0.3, -0.25) is 4.79 Å². The number of hydrogen-bond acceptors (Lipinski definition) is 4. The molecule has 7 nitrogen and oxygen atoms in total. The minimum atomic E-state index is -0.759. The fraction of sp³-hybridized carbons (Fsp3) is 0.875. The Hall–Kier alpha value is -1.34. The van der Waals surface area contributed by atoms with Gasteiger partial charge in [-0.1, -0.05) is 13.8 Å². The van der Waals surface area contributed by atoms with E-state index in [-0.39, 0.29) is 41.5 Å². The molecule has 5 atom stereocenters. The highest BCUT2D eigenvalue weighted by Gasteiger charge is 2.54. The maximum Gasteiger partial charge on any atom is 0.315 e. The van der Waals surface area contributed by atoms with Gasteiger partial charge in [-0.2, -0.15) is 0 Å². The Bertz CT molecular complexity index is 454. The van der Waals surface area contributed by atoms with Crippen LogP contribution in [0.1, 0.15) is 34.1 Å². The van der Waals surface area contributed by atoms with E-state index >= 15 is 0 Å². The number of carboxylic acids is 1. The summed E-state index contributed by atoms with van der Waals surface area (Å²) in [5.74, 6) is -0.951. The van der Waals surface area contributed by atoms with Gasteiger partial charge < -0.3 is 25.2 Å². The SMILES string of the molecule is CCO[C@@H]1COC[C@H]1NC(=O)NC(C)[C@@H]1C[C@H](C(=O)O)C1(C)C. The van der Waals surface area contributed by atoms with Crippen molar-refractivity contribution in [1.82, 2.24) is 10.6 Å². The van der Waals surface area contributed by atoms with Gasteiger partial charge in [-0.15, -0.1) is 0 Å². The Kier molecular flexibility index (Phi) is 5.52. The van der Waals surface area contributed by atoms with Crippen LogP contribution in [0.3, 0.4) is 0 Å². The number of carboxylic acid groups (broad SMARTS) is 1. The summed E-state index contributed by atoms with van der Waals surface area (Å²) in [6.45, 7) is 9.26. The maximum atomic E-state index is 12.2. The number of urea groups is 1. The third-order valence-corrected chi connectivity index (χ3v) is 5.33. The second kappa shape index (κ2) is 7.05. The van der Waals surface area contributed by atoms with Gasteiger partial charge in [-0.25, -0.2) is 4.79 Å². The molecule has 132 valence electrons. The van der Waals surface area contributed by atoms with Crippen molar-refractivity contribution in [3.8, 4) is 0 Å². The van der Waals surface area contributed by atoms with Crippen molar-refractivity contribution >= 4 is 12.0 Å². The van der Waals surface area contributed by atoms with E-state index in [0.29, 0.717) is 26.2 Å². The minimum absolute atomic E-state index is 0.0894. The Balaban J connectivity index is 1.83. The molecule has 1 aliphatic heterocycles. The second-order valence-electron chi connectivity index (χ2n) is 7.10. The van der Waals surface area contributed by atoms with E-state index in [4.69, 9.17) is 9.47 Å². The third kappa shape index (κ3) is 3.77. The molecule has 1 saturated carbocycles. The second-order valence-corrected chi connectivity index (χ2v) is 7.10. The van der Waals surface area contributed by atoms with Crippen LogP contribution in [0.5, 0.6) is 0 Å². The molecular formula is C16H28N2O5. The topological polar surface area (TPSA) is 96.9 Å². The summed E-state index contributed by atoms with van der Waals surface area (Å²) in [4.78, 5) is 23.4. The Labute approximate surface area is 137 Å². The molecule has 1 unspecified atom stereocenters. The zero-order valence-electron chi connectivity index (χ0n) is 14.3. The largest absolute Gasteiger partial charge is 0.481 e. The van der Waals surface area contributed by atoms with Crippen LogP contribution < -0.4 is 10.6 Å². The first-order valence-corrected chi connectivity index (χ1v) is 8.26. The van der Waals surface area contributed by atoms with Crippen LogP contribution in [0.15, 0.2) is 0 Å². The number of hydrogen-bond donors (Lipinski definition) is 3. The molecular weight excluding hydrogens is 300 g/mol. The summed E-state index contributed by atoms with van der Waals surface area (Å²) in [7, 11) is 0. The van der Waals surface area contributed by atoms with Gasteiger partial charge >= 0.3 is 12.0 Å². The third-order valence-electron chi connectivity index (χ3n) is 5.33. The summed E-state index contributed by atoms with van der Waals surface area (Å²) in [5, 5.41) is 15.0. The highest BCUT2D eigenvalue weighted by molar-refractivity contribution is 5.75. The highest BCUT2D eigenvalue weighted by Crippen LogP contribution is 2.52. The quantitative estimate of drug-likeness (QED) is 0.681. The Morgan fingerprint density at radius 3 is 2.65 bits per heavy atom. The number of carbonyl (C=O) groups excluding carboxylic acids is 1. The average molecular weight is 328 g/mol. The number of rotatable bonds is 6. The van der Waals surface area contributed by atoms with Crippen molar-refractivity contribution < 1.29 is 24.2 Å². The van der Waals surface area contributed by atoms with Crippen molar-refractivity contribution in [2.75, 3.05) is 19.8 Å². The molecule has 2 rings (SSSR count). The van der Waals surface area contributed by atoms with Crippen LogP contribution in [0.2, 0.25) is 0 Å². The first kappa shape index (κ1) is 18.0. The fourth-order valence-corrected chi connectivity index (χ4v) is 3.79. The lowest BCUT2D eigenvalue weighted by Crippen LogP contribution is -2.59. The monoisotopic (exact) mass is 328 g/mol. The molecule has 23 heavy (non-hydrogen) atoms. The zero-order chi connectivity index (χ0) is 17.2. The lowest BCUT2D eigenvalue weighted by Gasteiger charge is -2.52. The molecule has 0 spiro atoms. The molecule has 0 aromatic carbocycles. The highest BCUT2D eigenvalue weighted by atomic mass is 16.5. The number of nitrogens with one attached hydrogen (secondary N) is 2. The van der Waals surface area contributed by atoms with Crippen LogP contribution in [0, 0.1) is 17.3 Å². The van der Waals surface area contributed by atoms with Gasteiger partial charge in [-0.05, 0) is 31.6 Å². The van der Waals surface area contributed by atoms with Crippen LogP contribution in [-0.2, 0) is 14.3 Å². The van der Waals surface area contributed by atoms with Crippen molar-refractivity contribution in [3.63, 3.8) is 0 Å². The molecule has 1 heterocycles. The zero-order valence-corrected chi connectivity index (χ0v) is 14.3. The molecule has 0 aromatic heterocycles. The standard InChI is InChI=1S/C16H28N2O5/c1-5-23-13-8-22-7-12(13)18-15(21)17-9(2)10-6-11(14(19)20)16(10,3)4/h9-13H,5-8H2,1-4H3,(H,19,20)(H2,17,18,21)/t9?,10-,11+,12+,13+/m0/s1. The van der Waals surface area contributed by atoms with Gasteiger partial charge in [0.05, 0.1) is 25.2 Å². The van der Waals surface area contributed by atoms with E-state index in [0.717, 1.165) is 0 Å². The van der Waals surface area contributed by atoms with Gasteiger partial charge in [0.15, 0.2) is 0 Å². The van der Waals surface area contributed by atoms with Gasteiger partial charge in [0.25, 0.3) is 0 Å². The summed E-state index contributed by atoms with van der Waals surface area (Å²) in [5.41, 5.74) is -0.317. The Morgan fingerprint density at radius 2 is 2.09 bits per heavy atom. The van der Waals surface area contributed by atoms with E-state index in [1.165, 1.54) is 0 Å². The van der Waals surface area contributed by atoms with E-state index in [2.05, 4.69) is 10.6 Å². The number of aliphatic carboxylic acids is 1. The van der Waals surface area contributed by atoms with E-state index in [1.54, 1.807) is 0 Å². The molecule has 1 saturated heterocycles. The summed E-state index contributed by atoms with van der Waals surface area (Å²) < 4.78 is 10.9. The van der Waals surface area contributed by atoms with Crippen LogP contribution in [0.25, 0.3) is 0 Å². The first-order chi connectivity index (χ1) is 10.8. The average Bonchev–Trinajstić information content (AvgIpc) is 2.84. The van der Waals surface area contributed by atoms with Crippen molar-refractivity contribution in [1.29, 1.82) is 0 Å². The lowest BCUT2D eigenvalue weighted by molar-refractivity contribution is -0.160. The fourth-order valence-electron chi connectivity index (χ4n) is 3.79. The molecule has 2 fully saturated rings.